The fourth-order valence-electron chi connectivity index (χ4n) is 3.42. The number of sulfone groups is 1. The second-order valence-electron chi connectivity index (χ2n) is 6.33. The first-order chi connectivity index (χ1) is 8.96. The van der Waals surface area contributed by atoms with E-state index in [4.69, 9.17) is 0 Å². The molecule has 1 saturated carbocycles. The van der Waals surface area contributed by atoms with E-state index in [1.165, 1.54) is 12.8 Å². The molecule has 2 rings (SSSR count). The van der Waals surface area contributed by atoms with Crippen molar-refractivity contribution in [3.05, 3.63) is 0 Å². The molecule has 1 unspecified atom stereocenters. The van der Waals surface area contributed by atoms with E-state index in [0.717, 1.165) is 38.5 Å². The van der Waals surface area contributed by atoms with E-state index in [0.29, 0.717) is 6.54 Å². The number of carbonyl (C=O) groups is 1. The molecule has 1 saturated heterocycles. The first-order valence-electron chi connectivity index (χ1n) is 7.37. The van der Waals surface area contributed by atoms with Crippen LogP contribution in [0.15, 0.2) is 0 Å². The SMILES string of the molecule is CC1CS(=O)(=O)CCN1CC1(C=O)CCCCCC1. The predicted molar refractivity (Wildman–Crippen MR) is 75.9 cm³/mol. The van der Waals surface area contributed by atoms with Crippen LogP contribution in [0.2, 0.25) is 0 Å². The Kier molecular flexibility index (Phi) is 4.66. The second kappa shape index (κ2) is 5.92. The minimum Gasteiger partial charge on any atom is -0.303 e. The van der Waals surface area contributed by atoms with Gasteiger partial charge in [-0.2, -0.15) is 0 Å². The van der Waals surface area contributed by atoms with Crippen molar-refractivity contribution >= 4 is 16.1 Å². The van der Waals surface area contributed by atoms with E-state index in [2.05, 4.69) is 4.90 Å². The average molecular weight is 287 g/mol. The smallest absolute Gasteiger partial charge is 0.153 e. The first-order valence-corrected chi connectivity index (χ1v) is 9.19. The summed E-state index contributed by atoms with van der Waals surface area (Å²) in [4.78, 5) is 13.8. The summed E-state index contributed by atoms with van der Waals surface area (Å²) < 4.78 is 23.2. The van der Waals surface area contributed by atoms with Crippen LogP contribution in [0.1, 0.15) is 45.4 Å². The highest BCUT2D eigenvalue weighted by Crippen LogP contribution is 2.35. The third kappa shape index (κ3) is 3.78. The lowest BCUT2D eigenvalue weighted by molar-refractivity contribution is -0.118. The minimum absolute atomic E-state index is 0.0406. The minimum atomic E-state index is -2.87. The summed E-state index contributed by atoms with van der Waals surface area (Å²) in [6.07, 6.45) is 7.77. The van der Waals surface area contributed by atoms with Crippen LogP contribution < -0.4 is 0 Å². The normalized spacial score (nSPS) is 31.5. The molecular formula is C14H25NO3S. The van der Waals surface area contributed by atoms with Gasteiger partial charge in [0, 0.05) is 24.5 Å². The highest BCUT2D eigenvalue weighted by molar-refractivity contribution is 7.91. The molecule has 110 valence electrons. The van der Waals surface area contributed by atoms with E-state index in [1.54, 1.807) is 0 Å². The molecule has 0 aromatic rings. The van der Waals surface area contributed by atoms with Gasteiger partial charge in [-0.05, 0) is 19.8 Å². The van der Waals surface area contributed by atoms with Crippen molar-refractivity contribution in [1.29, 1.82) is 0 Å². The number of rotatable bonds is 3. The Morgan fingerprint density at radius 1 is 1.21 bits per heavy atom. The predicted octanol–water partition coefficient (Wildman–Crippen LogP) is 1.64. The van der Waals surface area contributed by atoms with Crippen LogP contribution in [0.25, 0.3) is 0 Å². The van der Waals surface area contributed by atoms with Gasteiger partial charge in [0.2, 0.25) is 0 Å². The molecule has 0 bridgehead atoms. The van der Waals surface area contributed by atoms with Gasteiger partial charge in [0.05, 0.1) is 11.5 Å². The van der Waals surface area contributed by atoms with Crippen LogP contribution in [0.4, 0.5) is 0 Å². The zero-order chi connectivity index (χ0) is 13.9. The molecule has 5 heteroatoms. The van der Waals surface area contributed by atoms with Gasteiger partial charge in [-0.15, -0.1) is 0 Å². The van der Waals surface area contributed by atoms with Crippen LogP contribution in [-0.4, -0.2) is 50.2 Å². The van der Waals surface area contributed by atoms with E-state index >= 15 is 0 Å². The van der Waals surface area contributed by atoms with Gasteiger partial charge in [0.15, 0.2) is 9.84 Å². The summed E-state index contributed by atoms with van der Waals surface area (Å²) in [6.45, 7) is 3.29. The van der Waals surface area contributed by atoms with Crippen LogP contribution in [0.5, 0.6) is 0 Å². The summed E-state index contributed by atoms with van der Waals surface area (Å²) in [5.74, 6) is 0.480. The van der Waals surface area contributed by atoms with Crippen molar-refractivity contribution in [2.75, 3.05) is 24.6 Å². The fraction of sp³-hybridized carbons (Fsp3) is 0.929. The summed E-state index contributed by atoms with van der Waals surface area (Å²) in [5, 5.41) is 0. The fourth-order valence-corrected chi connectivity index (χ4v) is 5.04. The zero-order valence-electron chi connectivity index (χ0n) is 11.8. The lowest BCUT2D eigenvalue weighted by Crippen LogP contribution is -2.51. The lowest BCUT2D eigenvalue weighted by atomic mass is 9.81. The highest BCUT2D eigenvalue weighted by atomic mass is 32.2. The zero-order valence-corrected chi connectivity index (χ0v) is 12.6. The number of carbonyl (C=O) groups excluding carboxylic acids is 1. The summed E-state index contributed by atoms with van der Waals surface area (Å²) >= 11 is 0. The number of hydrogen-bond donors (Lipinski definition) is 0. The summed E-state index contributed by atoms with van der Waals surface area (Å²) in [5.41, 5.74) is -0.230. The molecule has 0 radical (unpaired) electrons. The molecule has 2 fully saturated rings. The van der Waals surface area contributed by atoms with E-state index in [9.17, 15) is 13.2 Å². The van der Waals surface area contributed by atoms with Crippen molar-refractivity contribution in [1.82, 2.24) is 4.90 Å². The molecule has 0 spiro atoms. The second-order valence-corrected chi connectivity index (χ2v) is 8.56. The molecule has 0 N–H and O–H groups in total. The van der Waals surface area contributed by atoms with E-state index in [1.807, 2.05) is 6.92 Å². The third-order valence-corrected chi connectivity index (χ3v) is 6.47. The highest BCUT2D eigenvalue weighted by Gasteiger charge is 2.36. The molecule has 1 atom stereocenters. The Morgan fingerprint density at radius 2 is 1.84 bits per heavy atom. The molecule has 4 nitrogen and oxygen atoms in total. The van der Waals surface area contributed by atoms with Crippen molar-refractivity contribution < 1.29 is 13.2 Å². The maximum atomic E-state index is 11.6. The standard InChI is InChI=1S/C14H25NO3S/c1-13-10-19(17,18)9-8-15(13)11-14(12-16)6-4-2-3-5-7-14/h12-13H,2-11H2,1H3. The molecule has 2 aliphatic rings. The summed E-state index contributed by atoms with van der Waals surface area (Å²) in [6, 6.07) is 0.0406. The lowest BCUT2D eigenvalue weighted by Gasteiger charge is -2.39. The van der Waals surface area contributed by atoms with Crippen LogP contribution in [0, 0.1) is 5.41 Å². The van der Waals surface area contributed by atoms with Crippen LogP contribution >= 0.6 is 0 Å². The van der Waals surface area contributed by atoms with Crippen LogP contribution in [-0.2, 0) is 14.6 Å². The van der Waals surface area contributed by atoms with Gasteiger partial charge < -0.3 is 4.79 Å². The Hall–Kier alpha value is -0.420. The monoisotopic (exact) mass is 287 g/mol. The summed E-state index contributed by atoms with van der Waals surface area (Å²) in [7, 11) is -2.87. The van der Waals surface area contributed by atoms with Crippen molar-refractivity contribution in [3.63, 3.8) is 0 Å². The Bertz CT molecular complexity index is 410. The van der Waals surface area contributed by atoms with Gasteiger partial charge in [0.25, 0.3) is 0 Å². The molecule has 0 aromatic heterocycles. The molecule has 0 aromatic carbocycles. The average Bonchev–Trinajstić information content (AvgIpc) is 2.58. The van der Waals surface area contributed by atoms with Crippen molar-refractivity contribution in [2.24, 2.45) is 5.41 Å². The Balaban J connectivity index is 2.04. The van der Waals surface area contributed by atoms with Gasteiger partial charge in [-0.3, -0.25) is 4.90 Å². The van der Waals surface area contributed by atoms with Crippen molar-refractivity contribution in [3.8, 4) is 0 Å². The first kappa shape index (κ1) is 15.0. The number of nitrogens with zero attached hydrogens (tertiary/aromatic N) is 1. The third-order valence-electron chi connectivity index (χ3n) is 4.68. The maximum absolute atomic E-state index is 11.6. The number of aldehydes is 1. The molecule has 0 amide bonds. The molecular weight excluding hydrogens is 262 g/mol. The molecule has 19 heavy (non-hydrogen) atoms. The quantitative estimate of drug-likeness (QED) is 0.585. The Morgan fingerprint density at radius 3 is 2.37 bits per heavy atom. The van der Waals surface area contributed by atoms with E-state index < -0.39 is 9.84 Å². The van der Waals surface area contributed by atoms with Gasteiger partial charge in [0.1, 0.15) is 6.29 Å². The topological polar surface area (TPSA) is 54.5 Å². The van der Waals surface area contributed by atoms with Gasteiger partial charge in [-0.25, -0.2) is 8.42 Å². The van der Waals surface area contributed by atoms with Gasteiger partial charge >= 0.3 is 0 Å². The maximum Gasteiger partial charge on any atom is 0.153 e. The molecule has 1 aliphatic heterocycles. The largest absolute Gasteiger partial charge is 0.303 e. The van der Waals surface area contributed by atoms with E-state index in [-0.39, 0.29) is 23.0 Å². The molecule has 1 aliphatic carbocycles. The molecule has 1 heterocycles. The number of hydrogen-bond acceptors (Lipinski definition) is 4. The Labute approximate surface area is 116 Å². The van der Waals surface area contributed by atoms with Gasteiger partial charge in [-0.1, -0.05) is 25.7 Å². The van der Waals surface area contributed by atoms with Crippen molar-refractivity contribution in [2.45, 2.75) is 51.5 Å². The van der Waals surface area contributed by atoms with Crippen LogP contribution in [0.3, 0.4) is 0 Å².